The van der Waals surface area contributed by atoms with Gasteiger partial charge in [-0.2, -0.15) is 5.10 Å². The average Bonchev–Trinajstić information content (AvgIpc) is 4.45. The fourth-order valence-corrected chi connectivity index (χ4v) is 14.2. The molecule has 19 nitrogen and oxygen atoms in total. The monoisotopic (exact) mass is 1120 g/mol. The van der Waals surface area contributed by atoms with E-state index in [2.05, 4.69) is 20.2 Å². The summed E-state index contributed by atoms with van der Waals surface area (Å²) in [5, 5.41) is 10.8. The maximum atomic E-state index is 15.3. The number of benzene rings is 3. The molecule has 7 aliphatic rings. The summed E-state index contributed by atoms with van der Waals surface area (Å²) in [7, 11) is -4.35. The Morgan fingerprint density at radius 1 is 0.838 bits per heavy atom. The first-order valence-electron chi connectivity index (χ1n) is 28.4. The van der Waals surface area contributed by atoms with Crippen molar-refractivity contribution in [3.8, 4) is 0 Å². The Hall–Kier alpha value is -6.74. The molecule has 3 saturated carbocycles. The van der Waals surface area contributed by atoms with Crippen LogP contribution in [0.25, 0.3) is 10.8 Å². The van der Waals surface area contributed by atoms with Crippen LogP contribution in [-0.2, 0) is 40.3 Å². The van der Waals surface area contributed by atoms with Gasteiger partial charge in [0.25, 0.3) is 23.3 Å². The fourth-order valence-electron chi connectivity index (χ4n) is 12.6. The molecule has 0 unspecified atom stereocenters. The van der Waals surface area contributed by atoms with Crippen LogP contribution in [0.3, 0.4) is 0 Å². The van der Waals surface area contributed by atoms with E-state index in [4.69, 9.17) is 9.47 Å². The summed E-state index contributed by atoms with van der Waals surface area (Å²) in [4.78, 5) is 102. The van der Waals surface area contributed by atoms with Crippen molar-refractivity contribution >= 4 is 56.4 Å². The number of hydrogen-bond acceptors (Lipinski definition) is 12. The minimum atomic E-state index is -4.35. The first kappa shape index (κ1) is 56.5. The molecule has 2 bridgehead atoms. The number of carbonyl (C=O) groups excluding carboxylic acids is 6. The van der Waals surface area contributed by atoms with Crippen molar-refractivity contribution in [2.24, 2.45) is 11.8 Å². The van der Waals surface area contributed by atoms with E-state index in [1.807, 2.05) is 17.0 Å². The topological polar surface area (TPSA) is 238 Å². The highest BCUT2D eigenvalue weighted by Gasteiger charge is 2.56. The van der Waals surface area contributed by atoms with Gasteiger partial charge in [-0.25, -0.2) is 22.7 Å². The van der Waals surface area contributed by atoms with Gasteiger partial charge in [-0.1, -0.05) is 55.7 Å². The molecule has 428 valence electrons. The van der Waals surface area contributed by atoms with Gasteiger partial charge in [-0.3, -0.25) is 38.4 Å². The lowest BCUT2D eigenvalue weighted by molar-refractivity contribution is -0.181. The molecule has 0 radical (unpaired) electrons. The lowest BCUT2D eigenvalue weighted by Gasteiger charge is -2.56. The number of carbonyl (C=O) groups is 6. The largest absolute Gasteiger partial charge is 0.444 e. The van der Waals surface area contributed by atoms with Crippen molar-refractivity contribution in [2.75, 3.05) is 58.2 Å². The average molecular weight is 1120 g/mol. The fraction of sp³-hybridized carbons (Fsp3) is 0.559. The van der Waals surface area contributed by atoms with Crippen molar-refractivity contribution < 1.29 is 51.0 Å². The summed E-state index contributed by atoms with van der Waals surface area (Å²) in [6, 6.07) is 17.4. The third kappa shape index (κ3) is 12.7. The van der Waals surface area contributed by atoms with Gasteiger partial charge >= 0.3 is 6.09 Å². The first-order chi connectivity index (χ1) is 38.2. The second-order valence-corrected chi connectivity index (χ2v) is 25.8. The Balaban J connectivity index is 0.760. The van der Waals surface area contributed by atoms with E-state index in [-0.39, 0.29) is 106 Å². The van der Waals surface area contributed by atoms with Crippen LogP contribution in [0, 0.1) is 17.7 Å². The number of aromatic nitrogens is 2. The van der Waals surface area contributed by atoms with Crippen molar-refractivity contribution in [1.82, 2.24) is 39.8 Å². The number of aromatic amines is 1. The molecule has 0 spiro atoms. The third-order valence-electron chi connectivity index (χ3n) is 17.2. The number of halogens is 1. The van der Waals surface area contributed by atoms with E-state index in [0.29, 0.717) is 47.0 Å². The number of H-pyrrole nitrogens is 1. The highest BCUT2D eigenvalue weighted by Crippen LogP contribution is 2.48. The molecule has 7 fully saturated rings. The third-order valence-corrected chi connectivity index (χ3v) is 18.6. The summed E-state index contributed by atoms with van der Waals surface area (Å²) < 4.78 is 58.2. The van der Waals surface area contributed by atoms with Crippen molar-refractivity contribution in [1.29, 1.82) is 0 Å². The number of ether oxygens (including phenoxy) is 2. The predicted molar refractivity (Wildman–Crippen MR) is 294 cm³/mol. The quantitative estimate of drug-likeness (QED) is 0.121. The summed E-state index contributed by atoms with van der Waals surface area (Å²) in [6.45, 7) is 6.42. The van der Waals surface area contributed by atoms with Crippen LogP contribution in [0.1, 0.15) is 148 Å². The second kappa shape index (κ2) is 23.0. The SMILES string of the molecule is CC(C)(C)OC(=O)N(CC(=O)N1CCN(C(=O)c2cc(Cc3n[nH]c(=O)c4ccccc34)ccc2F)CC1)C12CCC(CS(=O)(=O)NC(=O)[C@H](NC(=O)c3cccc([C@H]4CCCN(C(=O)C5CC5)C4)c3)C3CCCCC3)(CC1)OC2. The van der Waals surface area contributed by atoms with Crippen LogP contribution in [0.2, 0.25) is 0 Å². The molecule has 21 heteroatoms. The highest BCUT2D eigenvalue weighted by atomic mass is 32.2. The Morgan fingerprint density at radius 2 is 1.55 bits per heavy atom. The summed E-state index contributed by atoms with van der Waals surface area (Å²) >= 11 is 0. The summed E-state index contributed by atoms with van der Waals surface area (Å²) in [5.41, 5.74) is -1.15. The molecule has 1 aromatic heterocycles. The standard InChI is InChI=1S/C59H73FN8O11S/c1-57(2,3)79-56(75)68(35-49(69)65-27-29-66(30-28-65)55(74)46-31-38(18-21-47(46)60)32-48-44-16-7-8-17-45(44)52(71)63-62-48)58-22-24-59(25-23-58,78-36-58)37-80(76,77)64-53(72)50(39-11-5-4-6-12-39)61-51(70)42-14-9-13-41(33-42)43-15-10-26-67(34-43)54(73)40-19-20-40/h7-9,13-14,16-18,21,31,33,39-40,43,50H,4-6,10-12,15,19-20,22-30,32,34-37H2,1-3H3,(H,61,70)(H,63,71)(H,64,72)/t43-,50+,58?,59?/m0/s1. The van der Waals surface area contributed by atoms with Crippen LogP contribution in [0.15, 0.2) is 71.5 Å². The molecule has 80 heavy (non-hydrogen) atoms. The zero-order valence-corrected chi connectivity index (χ0v) is 46.8. The number of fused-ring (bicyclic) bond motifs is 4. The molecule has 4 aromatic rings. The number of piperidine rings is 1. The molecule has 6 amide bonds. The first-order valence-corrected chi connectivity index (χ1v) is 30.0. The van der Waals surface area contributed by atoms with Gasteiger partial charge in [-0.15, -0.1) is 0 Å². The van der Waals surface area contributed by atoms with Gasteiger partial charge in [0.05, 0.1) is 40.1 Å². The van der Waals surface area contributed by atoms with Crippen molar-refractivity contribution in [3.63, 3.8) is 0 Å². The minimum absolute atomic E-state index is 0.0677. The predicted octanol–water partition coefficient (Wildman–Crippen LogP) is 6.20. The number of hydrogen-bond donors (Lipinski definition) is 3. The van der Waals surface area contributed by atoms with Gasteiger partial charge < -0.3 is 29.5 Å². The van der Waals surface area contributed by atoms with E-state index >= 15 is 4.39 Å². The van der Waals surface area contributed by atoms with Gasteiger partial charge in [0.2, 0.25) is 21.8 Å². The molecular formula is C59H73FN8O11S. The zero-order valence-electron chi connectivity index (χ0n) is 45.9. The number of piperazine rings is 1. The lowest BCUT2D eigenvalue weighted by atomic mass is 9.71. The van der Waals surface area contributed by atoms with E-state index in [9.17, 15) is 42.0 Å². The van der Waals surface area contributed by atoms with Crippen LogP contribution in [-0.4, -0.2) is 155 Å². The molecule has 3 N–H and O–H groups in total. The molecule has 3 aliphatic carbocycles. The van der Waals surface area contributed by atoms with Crippen LogP contribution in [0.5, 0.6) is 0 Å². The Labute approximate surface area is 465 Å². The normalized spacial score (nSPS) is 23.1. The zero-order chi connectivity index (χ0) is 56.6. The molecule has 4 saturated heterocycles. The van der Waals surface area contributed by atoms with E-state index in [1.54, 1.807) is 68.1 Å². The second-order valence-electron chi connectivity index (χ2n) is 24.1. The molecule has 11 rings (SSSR count). The van der Waals surface area contributed by atoms with Gasteiger partial charge in [0.1, 0.15) is 24.0 Å². The van der Waals surface area contributed by atoms with E-state index in [1.165, 1.54) is 21.9 Å². The van der Waals surface area contributed by atoms with Crippen LogP contribution >= 0.6 is 0 Å². The van der Waals surface area contributed by atoms with Crippen molar-refractivity contribution in [2.45, 2.75) is 139 Å². The summed E-state index contributed by atoms with van der Waals surface area (Å²) in [5.74, 6) is -3.37. The Kier molecular flexibility index (Phi) is 16.3. The smallest absolute Gasteiger partial charge is 0.411 e. The number of nitrogens with zero attached hydrogens (tertiary/aromatic N) is 5. The number of rotatable bonds is 15. The number of nitrogens with one attached hydrogen (secondary N) is 3. The highest BCUT2D eigenvalue weighted by molar-refractivity contribution is 7.90. The number of likely N-dealkylation sites (tertiary alicyclic amines) is 1. The van der Waals surface area contributed by atoms with Crippen molar-refractivity contribution in [3.05, 3.63) is 111 Å². The molecule has 3 aromatic carbocycles. The number of amides is 6. The molecule has 2 atom stereocenters. The van der Waals surface area contributed by atoms with Crippen LogP contribution in [0.4, 0.5) is 9.18 Å². The minimum Gasteiger partial charge on any atom is -0.444 e. The van der Waals surface area contributed by atoms with Gasteiger partial charge in [-0.05, 0) is 132 Å². The van der Waals surface area contributed by atoms with Gasteiger partial charge in [0.15, 0.2) is 0 Å². The lowest BCUT2D eigenvalue weighted by Crippen LogP contribution is -2.67. The van der Waals surface area contributed by atoms with E-state index < -0.39 is 74.1 Å². The van der Waals surface area contributed by atoms with Crippen LogP contribution < -0.4 is 15.6 Å². The molecule has 4 aliphatic heterocycles. The maximum Gasteiger partial charge on any atom is 0.411 e. The maximum absolute atomic E-state index is 15.3. The van der Waals surface area contributed by atoms with Gasteiger partial charge in [0, 0.05) is 68.5 Å². The molecular weight excluding hydrogens is 1050 g/mol. The Morgan fingerprint density at radius 3 is 2.24 bits per heavy atom. The Bertz CT molecular complexity index is 3190. The van der Waals surface area contributed by atoms with E-state index in [0.717, 1.165) is 57.1 Å². The molecule has 5 heterocycles. The number of sulfonamides is 1. The summed E-state index contributed by atoms with van der Waals surface area (Å²) in [6.07, 6.45) is 7.99.